The monoisotopic (exact) mass is 416 g/mol. The third-order valence-corrected chi connectivity index (χ3v) is 7.50. The fourth-order valence-corrected chi connectivity index (χ4v) is 6.28. The molecule has 154 valence electrons. The number of fused-ring (bicyclic) bond motifs is 1. The van der Waals surface area contributed by atoms with Gasteiger partial charge in [0, 0.05) is 35.1 Å². The summed E-state index contributed by atoms with van der Waals surface area (Å²) in [6.45, 7) is 8.90. The number of amidine groups is 1. The Labute approximate surface area is 183 Å². The minimum atomic E-state index is 0.0366. The fourth-order valence-electron chi connectivity index (χ4n) is 4.94. The van der Waals surface area contributed by atoms with Crippen LogP contribution in [0, 0.1) is 20.8 Å². The van der Waals surface area contributed by atoms with Gasteiger partial charge in [-0.25, -0.2) is 0 Å². The maximum absolute atomic E-state index is 5.18. The van der Waals surface area contributed by atoms with Crippen molar-refractivity contribution < 1.29 is 0 Å². The molecule has 5 heteroatoms. The summed E-state index contributed by atoms with van der Waals surface area (Å²) in [4.78, 5) is 12.4. The van der Waals surface area contributed by atoms with Crippen molar-refractivity contribution in [2.75, 3.05) is 5.75 Å². The van der Waals surface area contributed by atoms with E-state index < -0.39 is 0 Å². The number of benzene rings is 1. The summed E-state index contributed by atoms with van der Waals surface area (Å²) in [5, 5.41) is 1.18. The van der Waals surface area contributed by atoms with Gasteiger partial charge in [-0.1, -0.05) is 36.9 Å². The molecule has 0 saturated carbocycles. The van der Waals surface area contributed by atoms with E-state index in [1.807, 2.05) is 24.0 Å². The van der Waals surface area contributed by atoms with Crippen LogP contribution in [0.5, 0.6) is 0 Å². The Morgan fingerprint density at radius 2 is 1.93 bits per heavy atom. The van der Waals surface area contributed by atoms with Crippen molar-refractivity contribution >= 4 is 16.9 Å². The molecule has 2 aromatic heterocycles. The lowest BCUT2D eigenvalue weighted by atomic mass is 9.95. The Morgan fingerprint density at radius 3 is 2.67 bits per heavy atom. The number of aliphatic imine (C=N–C) groups is 1. The largest absolute Gasteiger partial charge is 0.338 e. The van der Waals surface area contributed by atoms with Crippen molar-refractivity contribution in [3.63, 3.8) is 0 Å². The predicted octanol–water partition coefficient (Wildman–Crippen LogP) is 5.78. The van der Waals surface area contributed by atoms with Gasteiger partial charge in [0.25, 0.3) is 0 Å². The zero-order valence-electron chi connectivity index (χ0n) is 18.0. The minimum Gasteiger partial charge on any atom is -0.338 e. The Kier molecular flexibility index (Phi) is 4.94. The van der Waals surface area contributed by atoms with Crippen LogP contribution in [-0.4, -0.2) is 31.4 Å². The second kappa shape index (κ2) is 7.62. The number of hydrogen-bond acceptors (Lipinski definition) is 4. The number of thioether (sulfide) groups is 1. The molecule has 0 aliphatic carbocycles. The number of nitrogens with zero attached hydrogens (tertiary/aromatic N) is 4. The molecule has 30 heavy (non-hydrogen) atoms. The average Bonchev–Trinajstić information content (AvgIpc) is 3.40. The molecule has 1 saturated heterocycles. The van der Waals surface area contributed by atoms with E-state index in [9.17, 15) is 0 Å². The maximum atomic E-state index is 5.18. The zero-order valence-corrected chi connectivity index (χ0v) is 18.9. The van der Waals surface area contributed by atoms with E-state index in [1.165, 1.54) is 33.4 Å². The Morgan fingerprint density at radius 1 is 1.07 bits per heavy atom. The highest BCUT2D eigenvalue weighted by Crippen LogP contribution is 2.49. The van der Waals surface area contributed by atoms with E-state index in [4.69, 9.17) is 9.98 Å². The Balaban J connectivity index is 1.64. The van der Waals surface area contributed by atoms with E-state index in [2.05, 4.69) is 79.6 Å². The van der Waals surface area contributed by atoms with Crippen LogP contribution in [0.1, 0.15) is 53.6 Å². The van der Waals surface area contributed by atoms with Crippen LogP contribution in [0.3, 0.4) is 0 Å². The molecule has 3 aromatic rings. The molecular formula is C25H28N4S. The number of aryl methyl sites for hydroxylation is 2. The number of pyridine rings is 1. The molecule has 0 bridgehead atoms. The third kappa shape index (κ3) is 3.07. The van der Waals surface area contributed by atoms with Gasteiger partial charge < -0.3 is 9.47 Å². The van der Waals surface area contributed by atoms with Crippen LogP contribution < -0.4 is 0 Å². The lowest BCUT2D eigenvalue weighted by molar-refractivity contribution is 0.254. The van der Waals surface area contributed by atoms with E-state index in [-0.39, 0.29) is 12.1 Å². The topological polar surface area (TPSA) is 33.4 Å². The summed E-state index contributed by atoms with van der Waals surface area (Å²) in [5.74, 6) is 1.12. The second-order valence-electron chi connectivity index (χ2n) is 8.34. The van der Waals surface area contributed by atoms with E-state index >= 15 is 0 Å². The minimum absolute atomic E-state index is 0.0366. The molecule has 0 spiro atoms. The number of rotatable bonds is 4. The van der Waals surface area contributed by atoms with Crippen molar-refractivity contribution in [2.45, 2.75) is 52.2 Å². The first-order chi connectivity index (χ1) is 14.6. The van der Waals surface area contributed by atoms with Crippen molar-refractivity contribution in [3.05, 3.63) is 82.9 Å². The van der Waals surface area contributed by atoms with Crippen molar-refractivity contribution in [3.8, 4) is 5.69 Å². The van der Waals surface area contributed by atoms with Crippen LogP contribution >= 0.6 is 11.8 Å². The van der Waals surface area contributed by atoms with Crippen LogP contribution in [0.25, 0.3) is 5.69 Å². The molecule has 1 fully saturated rings. The average molecular weight is 417 g/mol. The summed E-state index contributed by atoms with van der Waals surface area (Å²) in [6.07, 6.45) is 3.02. The first-order valence-corrected chi connectivity index (χ1v) is 11.7. The van der Waals surface area contributed by atoms with Gasteiger partial charge in [-0.05, 0) is 68.7 Å². The normalized spacial score (nSPS) is 23.0. The predicted molar refractivity (Wildman–Crippen MR) is 126 cm³/mol. The Bertz CT molecular complexity index is 1100. The van der Waals surface area contributed by atoms with Crippen LogP contribution in [0.2, 0.25) is 0 Å². The lowest BCUT2D eigenvalue weighted by Crippen LogP contribution is -2.35. The van der Waals surface area contributed by atoms with Crippen molar-refractivity contribution in [1.82, 2.24) is 14.5 Å². The lowest BCUT2D eigenvalue weighted by Gasteiger charge is -2.32. The molecule has 4 heterocycles. The Hall–Kier alpha value is -2.53. The molecule has 0 unspecified atom stereocenters. The van der Waals surface area contributed by atoms with E-state index in [0.717, 1.165) is 17.9 Å². The molecule has 2 aliphatic rings. The highest BCUT2D eigenvalue weighted by Gasteiger charge is 2.46. The van der Waals surface area contributed by atoms with Gasteiger partial charge in [0.2, 0.25) is 0 Å². The molecular weight excluding hydrogens is 388 g/mol. The number of aromatic nitrogens is 2. The van der Waals surface area contributed by atoms with Gasteiger partial charge in [-0.3, -0.25) is 9.98 Å². The van der Waals surface area contributed by atoms with Gasteiger partial charge in [0.15, 0.2) is 5.17 Å². The fraction of sp³-hybridized carbons (Fsp3) is 0.360. The summed E-state index contributed by atoms with van der Waals surface area (Å²) in [6, 6.07) is 18.0. The maximum Gasteiger partial charge on any atom is 0.160 e. The van der Waals surface area contributed by atoms with E-state index in [1.54, 1.807) is 0 Å². The standard InChI is InChI=1S/C25H28N4S/c1-5-19-15-30-25-27-23(22-11-6-7-12-26-22)24(29(19)25)21-14-17(3)28(18(21)4)20-10-8-9-16(2)13-20/h6-14,19,23-24H,5,15H2,1-4H3/t19-,23-,24+/m0/s1. The molecule has 0 N–H and O–H groups in total. The van der Waals surface area contributed by atoms with Gasteiger partial charge in [0.1, 0.15) is 6.04 Å². The smallest absolute Gasteiger partial charge is 0.160 e. The van der Waals surface area contributed by atoms with Gasteiger partial charge in [-0.15, -0.1) is 0 Å². The van der Waals surface area contributed by atoms with Crippen molar-refractivity contribution in [2.24, 2.45) is 4.99 Å². The van der Waals surface area contributed by atoms with Gasteiger partial charge >= 0.3 is 0 Å². The summed E-state index contributed by atoms with van der Waals surface area (Å²) >= 11 is 1.90. The molecule has 0 amide bonds. The first-order valence-electron chi connectivity index (χ1n) is 10.7. The molecule has 3 atom stereocenters. The molecule has 5 rings (SSSR count). The quantitative estimate of drug-likeness (QED) is 0.541. The van der Waals surface area contributed by atoms with Crippen LogP contribution in [0.15, 0.2) is 59.7 Å². The zero-order chi connectivity index (χ0) is 20.8. The summed E-state index contributed by atoms with van der Waals surface area (Å²) < 4.78 is 2.39. The van der Waals surface area contributed by atoms with E-state index in [0.29, 0.717) is 6.04 Å². The SMILES string of the molecule is CC[C@H]1CSC2=N[C@@H](c3ccccn3)[C@@H](c3cc(C)n(-c4cccc(C)c4)c3C)N21. The van der Waals surface area contributed by atoms with Crippen LogP contribution in [-0.2, 0) is 0 Å². The summed E-state index contributed by atoms with van der Waals surface area (Å²) in [7, 11) is 0. The van der Waals surface area contributed by atoms with Crippen molar-refractivity contribution in [1.29, 1.82) is 0 Å². The molecule has 4 nitrogen and oxygen atoms in total. The first kappa shape index (κ1) is 19.4. The summed E-state index contributed by atoms with van der Waals surface area (Å²) in [5.41, 5.74) is 7.49. The van der Waals surface area contributed by atoms with Crippen LogP contribution in [0.4, 0.5) is 0 Å². The van der Waals surface area contributed by atoms with Gasteiger partial charge in [0.05, 0.1) is 11.7 Å². The molecule has 1 aromatic carbocycles. The third-order valence-electron chi connectivity index (χ3n) is 6.38. The molecule has 2 aliphatic heterocycles. The highest BCUT2D eigenvalue weighted by atomic mass is 32.2. The number of hydrogen-bond donors (Lipinski definition) is 0. The van der Waals surface area contributed by atoms with Gasteiger partial charge in [-0.2, -0.15) is 0 Å². The second-order valence-corrected chi connectivity index (χ2v) is 9.32. The molecule has 0 radical (unpaired) electrons. The highest BCUT2D eigenvalue weighted by molar-refractivity contribution is 8.14.